The lowest BCUT2D eigenvalue weighted by atomic mass is 9.98. The van der Waals surface area contributed by atoms with Crippen LogP contribution in [0.1, 0.15) is 32.5 Å². The topological polar surface area (TPSA) is 41.6 Å². The summed E-state index contributed by atoms with van der Waals surface area (Å²) in [6, 6.07) is 10.0. The van der Waals surface area contributed by atoms with Crippen LogP contribution in [0.3, 0.4) is 0 Å². The fourth-order valence-corrected chi connectivity index (χ4v) is 1.51. The number of aromatic nitrogens is 3. The molecule has 0 aliphatic heterocycles. The molecule has 1 heterocycles. The maximum atomic E-state index is 4.54. The smallest absolute Gasteiger partial charge is 0.181 e. The largest absolute Gasteiger partial charge is 0.262 e. The minimum atomic E-state index is 0.407. The van der Waals surface area contributed by atoms with Gasteiger partial charge in [0.2, 0.25) is 0 Å². The van der Waals surface area contributed by atoms with Crippen molar-refractivity contribution in [3.63, 3.8) is 0 Å². The molecule has 1 atom stereocenters. The minimum Gasteiger partial charge on any atom is -0.262 e. The van der Waals surface area contributed by atoms with Crippen LogP contribution in [0.25, 0.3) is 11.4 Å². The molecule has 84 valence electrons. The van der Waals surface area contributed by atoms with Gasteiger partial charge in [-0.15, -0.1) is 0 Å². The summed E-state index contributed by atoms with van der Waals surface area (Å²) in [6.45, 7) is 6.55. The van der Waals surface area contributed by atoms with Gasteiger partial charge in [-0.3, -0.25) is 5.10 Å². The summed E-state index contributed by atoms with van der Waals surface area (Å²) in [5.41, 5.74) is 1.06. The third-order valence-electron chi connectivity index (χ3n) is 2.97. The average Bonchev–Trinajstić information content (AvgIpc) is 2.78. The quantitative estimate of drug-likeness (QED) is 0.854. The van der Waals surface area contributed by atoms with Crippen molar-refractivity contribution in [2.75, 3.05) is 0 Å². The fraction of sp³-hybridized carbons (Fsp3) is 0.385. The Kier molecular flexibility index (Phi) is 3.04. The maximum Gasteiger partial charge on any atom is 0.181 e. The van der Waals surface area contributed by atoms with Crippen molar-refractivity contribution in [1.82, 2.24) is 15.2 Å². The number of hydrogen-bond donors (Lipinski definition) is 1. The molecule has 0 spiro atoms. The Morgan fingerprint density at radius 1 is 1.06 bits per heavy atom. The highest BCUT2D eigenvalue weighted by molar-refractivity contribution is 5.53. The van der Waals surface area contributed by atoms with E-state index in [9.17, 15) is 0 Å². The van der Waals surface area contributed by atoms with E-state index in [-0.39, 0.29) is 0 Å². The molecule has 16 heavy (non-hydrogen) atoms. The molecule has 2 rings (SSSR count). The highest BCUT2D eigenvalue weighted by Crippen LogP contribution is 2.22. The first-order chi connectivity index (χ1) is 7.68. The van der Waals surface area contributed by atoms with Crippen LogP contribution in [0.15, 0.2) is 30.3 Å². The summed E-state index contributed by atoms with van der Waals surface area (Å²) in [7, 11) is 0. The van der Waals surface area contributed by atoms with Crippen LogP contribution in [0.2, 0.25) is 0 Å². The van der Waals surface area contributed by atoms with Crippen LogP contribution in [0.5, 0.6) is 0 Å². The Labute approximate surface area is 95.9 Å². The van der Waals surface area contributed by atoms with Gasteiger partial charge in [-0.1, -0.05) is 51.1 Å². The summed E-state index contributed by atoms with van der Waals surface area (Å²) in [5, 5.41) is 7.28. The van der Waals surface area contributed by atoms with Crippen LogP contribution < -0.4 is 0 Å². The highest BCUT2D eigenvalue weighted by atomic mass is 15.2. The predicted octanol–water partition coefficient (Wildman–Crippen LogP) is 3.23. The van der Waals surface area contributed by atoms with Gasteiger partial charge < -0.3 is 0 Å². The lowest BCUT2D eigenvalue weighted by Gasteiger charge is -2.10. The zero-order chi connectivity index (χ0) is 11.5. The molecule has 0 fully saturated rings. The van der Waals surface area contributed by atoms with Crippen molar-refractivity contribution in [1.29, 1.82) is 0 Å². The molecule has 1 aromatic heterocycles. The average molecular weight is 215 g/mol. The Bertz CT molecular complexity index is 445. The zero-order valence-corrected chi connectivity index (χ0v) is 9.94. The fourth-order valence-electron chi connectivity index (χ4n) is 1.51. The molecule has 3 nitrogen and oxygen atoms in total. The summed E-state index contributed by atoms with van der Waals surface area (Å²) in [6.07, 6.45) is 0. The van der Waals surface area contributed by atoms with Crippen molar-refractivity contribution in [3.05, 3.63) is 36.2 Å². The van der Waals surface area contributed by atoms with E-state index in [0.717, 1.165) is 17.2 Å². The van der Waals surface area contributed by atoms with E-state index in [4.69, 9.17) is 0 Å². The second-order valence-electron chi connectivity index (χ2n) is 4.44. The molecule has 1 aromatic carbocycles. The second kappa shape index (κ2) is 4.47. The van der Waals surface area contributed by atoms with Crippen LogP contribution >= 0.6 is 0 Å². The lowest BCUT2D eigenvalue weighted by molar-refractivity contribution is 0.512. The Morgan fingerprint density at radius 2 is 1.75 bits per heavy atom. The Hall–Kier alpha value is -1.64. The third kappa shape index (κ3) is 2.13. The number of hydrogen-bond acceptors (Lipinski definition) is 2. The first-order valence-corrected chi connectivity index (χ1v) is 5.66. The van der Waals surface area contributed by atoms with Crippen LogP contribution in [0, 0.1) is 5.92 Å². The SMILES string of the molecule is CC(C)C(C)c1nc(-c2ccccc2)n[nH]1. The number of nitrogens with zero attached hydrogens (tertiary/aromatic N) is 2. The van der Waals surface area contributed by atoms with Crippen molar-refractivity contribution in [2.24, 2.45) is 5.92 Å². The predicted molar refractivity (Wildman–Crippen MR) is 65.1 cm³/mol. The van der Waals surface area contributed by atoms with Gasteiger partial charge in [0.25, 0.3) is 0 Å². The first kappa shape index (κ1) is 10.9. The van der Waals surface area contributed by atoms with Crippen LogP contribution in [-0.4, -0.2) is 15.2 Å². The molecule has 1 unspecified atom stereocenters. The molecular weight excluding hydrogens is 198 g/mol. The molecule has 0 amide bonds. The van der Waals surface area contributed by atoms with Gasteiger partial charge in [0.05, 0.1) is 0 Å². The van der Waals surface area contributed by atoms with Crippen LogP contribution in [0.4, 0.5) is 0 Å². The molecule has 0 radical (unpaired) electrons. The van der Waals surface area contributed by atoms with Gasteiger partial charge >= 0.3 is 0 Å². The van der Waals surface area contributed by atoms with Gasteiger partial charge in [-0.25, -0.2) is 4.98 Å². The lowest BCUT2D eigenvalue weighted by Crippen LogP contribution is -2.03. The summed E-state index contributed by atoms with van der Waals surface area (Å²) < 4.78 is 0. The van der Waals surface area contributed by atoms with E-state index < -0.39 is 0 Å². The molecular formula is C13H17N3. The third-order valence-corrected chi connectivity index (χ3v) is 2.97. The normalized spacial score (nSPS) is 13.0. The van der Waals surface area contributed by atoms with Crippen molar-refractivity contribution < 1.29 is 0 Å². The van der Waals surface area contributed by atoms with Crippen molar-refractivity contribution >= 4 is 0 Å². The monoisotopic (exact) mass is 215 g/mol. The van der Waals surface area contributed by atoms with Gasteiger partial charge in [-0.05, 0) is 5.92 Å². The van der Waals surface area contributed by atoms with Gasteiger partial charge in [-0.2, -0.15) is 5.10 Å². The van der Waals surface area contributed by atoms with Gasteiger partial charge in [0, 0.05) is 11.5 Å². The van der Waals surface area contributed by atoms with E-state index in [1.807, 2.05) is 30.3 Å². The molecule has 2 aromatic rings. The summed E-state index contributed by atoms with van der Waals surface area (Å²) in [4.78, 5) is 4.54. The van der Waals surface area contributed by atoms with E-state index in [1.165, 1.54) is 0 Å². The number of H-pyrrole nitrogens is 1. The van der Waals surface area contributed by atoms with Gasteiger partial charge in [0.15, 0.2) is 5.82 Å². The number of benzene rings is 1. The van der Waals surface area contributed by atoms with Crippen molar-refractivity contribution in [3.8, 4) is 11.4 Å². The standard InChI is InChI=1S/C13H17N3/c1-9(2)10(3)12-14-13(16-15-12)11-7-5-4-6-8-11/h4-10H,1-3H3,(H,14,15,16). The number of nitrogens with one attached hydrogen (secondary N) is 1. The molecule has 0 saturated heterocycles. The zero-order valence-electron chi connectivity index (χ0n) is 9.94. The first-order valence-electron chi connectivity index (χ1n) is 5.66. The van der Waals surface area contributed by atoms with E-state index in [0.29, 0.717) is 11.8 Å². The highest BCUT2D eigenvalue weighted by Gasteiger charge is 2.14. The summed E-state index contributed by atoms with van der Waals surface area (Å²) in [5.74, 6) is 2.72. The molecule has 3 heteroatoms. The summed E-state index contributed by atoms with van der Waals surface area (Å²) >= 11 is 0. The second-order valence-corrected chi connectivity index (χ2v) is 4.44. The molecule has 0 saturated carbocycles. The number of aromatic amines is 1. The Morgan fingerprint density at radius 3 is 2.38 bits per heavy atom. The molecule has 1 N–H and O–H groups in total. The van der Waals surface area contributed by atoms with Gasteiger partial charge in [0.1, 0.15) is 5.82 Å². The van der Waals surface area contributed by atoms with E-state index in [1.54, 1.807) is 0 Å². The van der Waals surface area contributed by atoms with E-state index >= 15 is 0 Å². The van der Waals surface area contributed by atoms with E-state index in [2.05, 4.69) is 36.0 Å². The number of rotatable bonds is 3. The maximum absolute atomic E-state index is 4.54. The Balaban J connectivity index is 2.27. The molecule has 0 aliphatic carbocycles. The minimum absolute atomic E-state index is 0.407. The van der Waals surface area contributed by atoms with Crippen LogP contribution in [-0.2, 0) is 0 Å². The van der Waals surface area contributed by atoms with Crippen molar-refractivity contribution in [2.45, 2.75) is 26.7 Å². The molecule has 0 bridgehead atoms. The molecule has 0 aliphatic rings.